The molecule has 0 saturated heterocycles. The highest BCUT2D eigenvalue weighted by molar-refractivity contribution is 5.75. The number of urea groups is 1. The van der Waals surface area contributed by atoms with Crippen LogP contribution in [0.1, 0.15) is 26.3 Å². The highest BCUT2D eigenvalue weighted by Crippen LogP contribution is 2.08. The van der Waals surface area contributed by atoms with Crippen LogP contribution in [0.2, 0.25) is 0 Å². The first-order valence-corrected chi connectivity index (χ1v) is 5.87. The van der Waals surface area contributed by atoms with Crippen molar-refractivity contribution in [2.75, 3.05) is 0 Å². The standard InChI is InChI=1S/C14H20N2O/c1-4-10-15-14(17)16(12(2)3)11-13-8-6-5-7-9-13/h4-10,12H,11H2,1-3H3,(H,15,17)/b10-4+. The monoisotopic (exact) mass is 232 g/mol. The SMILES string of the molecule is C/C=C/NC(=O)N(Cc1ccccc1)C(C)C. The van der Waals surface area contributed by atoms with Gasteiger partial charge in [0.25, 0.3) is 0 Å². The van der Waals surface area contributed by atoms with Gasteiger partial charge in [0, 0.05) is 18.8 Å². The van der Waals surface area contributed by atoms with Crippen LogP contribution in [0.4, 0.5) is 4.79 Å². The summed E-state index contributed by atoms with van der Waals surface area (Å²) in [7, 11) is 0. The lowest BCUT2D eigenvalue weighted by Gasteiger charge is -2.26. The summed E-state index contributed by atoms with van der Waals surface area (Å²) in [6.45, 7) is 6.52. The molecule has 0 heterocycles. The molecule has 17 heavy (non-hydrogen) atoms. The van der Waals surface area contributed by atoms with Gasteiger partial charge in [-0.1, -0.05) is 36.4 Å². The lowest BCUT2D eigenvalue weighted by atomic mass is 10.2. The average molecular weight is 232 g/mol. The molecule has 0 fully saturated rings. The summed E-state index contributed by atoms with van der Waals surface area (Å²) in [5.41, 5.74) is 1.14. The first-order valence-electron chi connectivity index (χ1n) is 5.87. The Morgan fingerprint density at radius 3 is 2.53 bits per heavy atom. The van der Waals surface area contributed by atoms with Gasteiger partial charge in [-0.2, -0.15) is 0 Å². The number of allylic oxidation sites excluding steroid dienone is 1. The van der Waals surface area contributed by atoms with E-state index in [-0.39, 0.29) is 12.1 Å². The van der Waals surface area contributed by atoms with Gasteiger partial charge in [0.2, 0.25) is 0 Å². The largest absolute Gasteiger partial charge is 0.321 e. The van der Waals surface area contributed by atoms with Crippen LogP contribution >= 0.6 is 0 Å². The van der Waals surface area contributed by atoms with E-state index in [0.717, 1.165) is 5.56 Å². The van der Waals surface area contributed by atoms with E-state index >= 15 is 0 Å². The van der Waals surface area contributed by atoms with E-state index in [4.69, 9.17) is 0 Å². The van der Waals surface area contributed by atoms with Gasteiger partial charge in [0.15, 0.2) is 0 Å². The first kappa shape index (κ1) is 13.3. The van der Waals surface area contributed by atoms with Crippen molar-refractivity contribution >= 4 is 6.03 Å². The fraction of sp³-hybridized carbons (Fsp3) is 0.357. The number of amides is 2. The Kier molecular flexibility index (Phi) is 5.27. The van der Waals surface area contributed by atoms with Crippen LogP contribution in [-0.4, -0.2) is 17.0 Å². The van der Waals surface area contributed by atoms with Gasteiger partial charge in [-0.15, -0.1) is 0 Å². The van der Waals surface area contributed by atoms with E-state index in [1.807, 2.05) is 51.1 Å². The molecule has 1 aromatic rings. The van der Waals surface area contributed by atoms with Gasteiger partial charge >= 0.3 is 6.03 Å². The fourth-order valence-corrected chi connectivity index (χ4v) is 1.51. The van der Waals surface area contributed by atoms with Gasteiger partial charge in [-0.25, -0.2) is 4.79 Å². The maximum absolute atomic E-state index is 11.9. The fourth-order valence-electron chi connectivity index (χ4n) is 1.51. The molecule has 0 aliphatic heterocycles. The van der Waals surface area contributed by atoms with E-state index in [1.165, 1.54) is 0 Å². The second-order valence-electron chi connectivity index (χ2n) is 4.16. The normalized spacial score (nSPS) is 10.8. The predicted molar refractivity (Wildman–Crippen MR) is 70.5 cm³/mol. The molecule has 1 N–H and O–H groups in total. The molecule has 0 saturated carbocycles. The van der Waals surface area contributed by atoms with Gasteiger partial charge in [-0.05, 0) is 26.3 Å². The van der Waals surface area contributed by atoms with Crippen molar-refractivity contribution in [3.63, 3.8) is 0 Å². The van der Waals surface area contributed by atoms with Crippen LogP contribution in [0.25, 0.3) is 0 Å². The van der Waals surface area contributed by atoms with Crippen LogP contribution in [-0.2, 0) is 6.54 Å². The Labute approximate surface area is 103 Å². The number of benzene rings is 1. The highest BCUT2D eigenvalue weighted by Gasteiger charge is 2.15. The summed E-state index contributed by atoms with van der Waals surface area (Å²) in [6.07, 6.45) is 3.46. The quantitative estimate of drug-likeness (QED) is 0.849. The van der Waals surface area contributed by atoms with E-state index in [0.29, 0.717) is 6.54 Å². The Hall–Kier alpha value is -1.77. The molecule has 0 unspecified atom stereocenters. The zero-order valence-corrected chi connectivity index (χ0v) is 10.7. The van der Waals surface area contributed by atoms with Crippen molar-refractivity contribution in [2.45, 2.75) is 33.4 Å². The lowest BCUT2D eigenvalue weighted by molar-refractivity contribution is 0.183. The molecule has 3 heteroatoms. The third-order valence-corrected chi connectivity index (χ3v) is 2.45. The van der Waals surface area contributed by atoms with Gasteiger partial charge in [-0.3, -0.25) is 0 Å². The minimum absolute atomic E-state index is 0.0676. The maximum Gasteiger partial charge on any atom is 0.321 e. The van der Waals surface area contributed by atoms with E-state index in [1.54, 1.807) is 17.2 Å². The van der Waals surface area contributed by atoms with Crippen LogP contribution in [0.3, 0.4) is 0 Å². The Morgan fingerprint density at radius 2 is 2.00 bits per heavy atom. The van der Waals surface area contributed by atoms with E-state index in [9.17, 15) is 4.79 Å². The molecule has 1 aromatic carbocycles. The molecule has 0 bridgehead atoms. The molecule has 0 aliphatic carbocycles. The zero-order chi connectivity index (χ0) is 12.7. The molecule has 0 atom stereocenters. The summed E-state index contributed by atoms with van der Waals surface area (Å²) in [5, 5.41) is 2.74. The number of hydrogen-bond acceptors (Lipinski definition) is 1. The molecule has 3 nitrogen and oxygen atoms in total. The van der Waals surface area contributed by atoms with E-state index < -0.39 is 0 Å². The molecular formula is C14H20N2O. The molecule has 1 rings (SSSR count). The van der Waals surface area contributed by atoms with Crippen LogP contribution in [0, 0.1) is 0 Å². The topological polar surface area (TPSA) is 32.3 Å². The molecule has 0 aliphatic rings. The van der Waals surface area contributed by atoms with Crippen molar-refractivity contribution in [3.8, 4) is 0 Å². The lowest BCUT2D eigenvalue weighted by Crippen LogP contribution is -2.41. The summed E-state index contributed by atoms with van der Waals surface area (Å²) >= 11 is 0. The Morgan fingerprint density at radius 1 is 1.35 bits per heavy atom. The summed E-state index contributed by atoms with van der Waals surface area (Å²) in [4.78, 5) is 13.7. The second-order valence-corrected chi connectivity index (χ2v) is 4.16. The molecule has 2 amide bonds. The number of carbonyl (C=O) groups is 1. The van der Waals surface area contributed by atoms with Gasteiger partial charge in [0.05, 0.1) is 0 Å². The number of nitrogens with one attached hydrogen (secondary N) is 1. The third kappa shape index (κ3) is 4.31. The second kappa shape index (κ2) is 6.74. The minimum atomic E-state index is -0.0676. The number of nitrogens with zero attached hydrogens (tertiary/aromatic N) is 1. The van der Waals surface area contributed by atoms with Crippen LogP contribution < -0.4 is 5.32 Å². The van der Waals surface area contributed by atoms with Crippen LogP contribution in [0.15, 0.2) is 42.6 Å². The molecule has 0 radical (unpaired) electrons. The van der Waals surface area contributed by atoms with Crippen molar-refractivity contribution in [1.82, 2.24) is 10.2 Å². The summed E-state index contributed by atoms with van der Waals surface area (Å²) in [6, 6.07) is 10.1. The Bertz CT molecular complexity index is 371. The van der Waals surface area contributed by atoms with Crippen molar-refractivity contribution < 1.29 is 4.79 Å². The van der Waals surface area contributed by atoms with Gasteiger partial charge < -0.3 is 10.2 Å². The minimum Gasteiger partial charge on any atom is -0.318 e. The third-order valence-electron chi connectivity index (χ3n) is 2.45. The van der Waals surface area contributed by atoms with Crippen molar-refractivity contribution in [1.29, 1.82) is 0 Å². The van der Waals surface area contributed by atoms with Gasteiger partial charge in [0.1, 0.15) is 0 Å². The molecule has 92 valence electrons. The Balaban J connectivity index is 2.70. The number of hydrogen-bond donors (Lipinski definition) is 1. The zero-order valence-electron chi connectivity index (χ0n) is 10.7. The summed E-state index contributed by atoms with van der Waals surface area (Å²) in [5.74, 6) is 0. The first-order chi connectivity index (χ1) is 8.15. The summed E-state index contributed by atoms with van der Waals surface area (Å²) < 4.78 is 0. The van der Waals surface area contributed by atoms with Crippen molar-refractivity contribution in [3.05, 3.63) is 48.2 Å². The smallest absolute Gasteiger partial charge is 0.318 e. The molecular weight excluding hydrogens is 212 g/mol. The van der Waals surface area contributed by atoms with Crippen molar-refractivity contribution in [2.24, 2.45) is 0 Å². The van der Waals surface area contributed by atoms with E-state index in [2.05, 4.69) is 5.32 Å². The molecule has 0 aromatic heterocycles. The number of rotatable bonds is 4. The molecule has 0 spiro atoms. The highest BCUT2D eigenvalue weighted by atomic mass is 16.2. The maximum atomic E-state index is 11.9. The van der Waals surface area contributed by atoms with Crippen LogP contribution in [0.5, 0.6) is 0 Å². The average Bonchev–Trinajstić information content (AvgIpc) is 2.34. The number of carbonyl (C=O) groups excluding carboxylic acids is 1. The predicted octanol–water partition coefficient (Wildman–Crippen LogP) is 3.14.